The second-order valence-corrected chi connectivity index (χ2v) is 9.41. The Morgan fingerprint density at radius 1 is 1.16 bits per heavy atom. The van der Waals surface area contributed by atoms with E-state index in [4.69, 9.17) is 17.2 Å². The van der Waals surface area contributed by atoms with Crippen LogP contribution < -0.4 is 10.9 Å². The molecule has 1 aliphatic rings. The van der Waals surface area contributed by atoms with Gasteiger partial charge in [-0.2, -0.15) is 0 Å². The van der Waals surface area contributed by atoms with Gasteiger partial charge < -0.3 is 5.32 Å². The topological polar surface area (TPSA) is 66.7 Å². The molecule has 0 aliphatic carbocycles. The molecule has 1 amide bonds. The molecular weight excluding hydrogens is 428 g/mol. The van der Waals surface area contributed by atoms with Gasteiger partial charge in [-0.25, -0.2) is 4.98 Å². The van der Waals surface area contributed by atoms with Crippen molar-refractivity contribution < 1.29 is 4.79 Å². The van der Waals surface area contributed by atoms with E-state index in [-0.39, 0.29) is 11.5 Å². The smallest absolute Gasteiger partial charge is 0.267 e. The molecule has 2 aromatic heterocycles. The Hall–Kier alpha value is -2.19. The van der Waals surface area contributed by atoms with Crippen LogP contribution in [-0.4, -0.2) is 37.6 Å². The summed E-state index contributed by atoms with van der Waals surface area (Å²) in [7, 11) is 0. The van der Waals surface area contributed by atoms with Crippen molar-refractivity contribution in [3.05, 3.63) is 44.7 Å². The molecule has 1 N–H and O–H groups in total. The lowest BCUT2D eigenvalue weighted by Gasteiger charge is -2.14. The maximum atomic E-state index is 13.3. The van der Waals surface area contributed by atoms with Crippen LogP contribution in [0.1, 0.15) is 63.5 Å². The Balaban J connectivity index is 1.99. The zero-order valence-electron chi connectivity index (χ0n) is 18.4. The molecule has 0 atom stereocenters. The Kier molecular flexibility index (Phi) is 8.26. The average Bonchev–Trinajstić information content (AvgIpc) is 3.02. The van der Waals surface area contributed by atoms with Gasteiger partial charge in [0.2, 0.25) is 0 Å². The number of hydrogen-bond acceptors (Lipinski definition) is 6. The van der Waals surface area contributed by atoms with E-state index in [1.165, 1.54) is 11.8 Å². The van der Waals surface area contributed by atoms with E-state index in [0.717, 1.165) is 50.6 Å². The molecule has 0 spiro atoms. The van der Waals surface area contributed by atoms with Crippen LogP contribution in [0.3, 0.4) is 0 Å². The summed E-state index contributed by atoms with van der Waals surface area (Å²) in [5.74, 6) is 0.392. The lowest BCUT2D eigenvalue weighted by atomic mass is 10.2. The predicted octanol–water partition coefficient (Wildman–Crippen LogP) is 5.00. The van der Waals surface area contributed by atoms with Crippen LogP contribution in [-0.2, 0) is 4.79 Å². The van der Waals surface area contributed by atoms with Crippen LogP contribution in [0.4, 0.5) is 5.82 Å². The quantitative estimate of drug-likeness (QED) is 0.307. The highest BCUT2D eigenvalue weighted by molar-refractivity contribution is 8.26. The number of carbonyl (C=O) groups is 1. The Morgan fingerprint density at radius 3 is 2.65 bits per heavy atom. The third-order valence-electron chi connectivity index (χ3n) is 5.29. The minimum atomic E-state index is -0.192. The van der Waals surface area contributed by atoms with E-state index < -0.39 is 0 Å². The number of aromatic nitrogens is 2. The molecule has 3 rings (SSSR count). The number of rotatable bonds is 10. The Morgan fingerprint density at radius 2 is 1.90 bits per heavy atom. The van der Waals surface area contributed by atoms with Gasteiger partial charge in [0.1, 0.15) is 15.8 Å². The van der Waals surface area contributed by atoms with E-state index in [1.807, 2.05) is 19.1 Å². The van der Waals surface area contributed by atoms with E-state index in [9.17, 15) is 9.59 Å². The molecule has 8 heteroatoms. The zero-order chi connectivity index (χ0) is 22.4. The highest BCUT2D eigenvalue weighted by atomic mass is 32.2. The average molecular weight is 459 g/mol. The first-order valence-electron chi connectivity index (χ1n) is 11.0. The number of nitrogens with one attached hydrogen (secondary N) is 1. The molecule has 0 aromatic carbocycles. The first-order valence-corrected chi connectivity index (χ1v) is 12.2. The summed E-state index contributed by atoms with van der Waals surface area (Å²) in [5.41, 5.74) is 1.75. The van der Waals surface area contributed by atoms with Gasteiger partial charge in [-0.1, -0.05) is 69.6 Å². The summed E-state index contributed by atoms with van der Waals surface area (Å²) in [4.78, 5) is 33.1. The van der Waals surface area contributed by atoms with Gasteiger partial charge in [0, 0.05) is 19.3 Å². The summed E-state index contributed by atoms with van der Waals surface area (Å²) in [6, 6.07) is 3.76. The number of anilines is 1. The van der Waals surface area contributed by atoms with Crippen LogP contribution in [0.2, 0.25) is 0 Å². The highest BCUT2D eigenvalue weighted by Crippen LogP contribution is 2.33. The monoisotopic (exact) mass is 458 g/mol. The van der Waals surface area contributed by atoms with Gasteiger partial charge >= 0.3 is 0 Å². The van der Waals surface area contributed by atoms with Crippen LogP contribution in [0.15, 0.2) is 28.0 Å². The molecule has 1 saturated heterocycles. The third kappa shape index (κ3) is 5.36. The number of aryl methyl sites for hydroxylation is 1. The highest BCUT2D eigenvalue weighted by Gasteiger charge is 2.32. The zero-order valence-corrected chi connectivity index (χ0v) is 20.1. The molecule has 2 aromatic rings. The molecule has 1 fully saturated rings. The van der Waals surface area contributed by atoms with Crippen LogP contribution in [0, 0.1) is 6.92 Å². The molecule has 0 bridgehead atoms. The summed E-state index contributed by atoms with van der Waals surface area (Å²) in [6.45, 7) is 7.55. The van der Waals surface area contributed by atoms with Gasteiger partial charge in [0.05, 0.1) is 10.5 Å². The van der Waals surface area contributed by atoms with Crippen molar-refractivity contribution in [1.82, 2.24) is 14.3 Å². The number of pyridine rings is 1. The van der Waals surface area contributed by atoms with Gasteiger partial charge in [-0.05, 0) is 37.5 Å². The Labute approximate surface area is 193 Å². The summed E-state index contributed by atoms with van der Waals surface area (Å²) < 4.78 is 2.09. The number of thioether (sulfide) groups is 1. The van der Waals surface area contributed by atoms with E-state index >= 15 is 0 Å². The van der Waals surface area contributed by atoms with Gasteiger partial charge in [-0.3, -0.25) is 18.9 Å². The lowest BCUT2D eigenvalue weighted by Crippen LogP contribution is -2.29. The first kappa shape index (κ1) is 23.5. The van der Waals surface area contributed by atoms with Crippen molar-refractivity contribution in [2.45, 2.75) is 59.3 Å². The fourth-order valence-corrected chi connectivity index (χ4v) is 4.79. The van der Waals surface area contributed by atoms with Gasteiger partial charge in [0.15, 0.2) is 0 Å². The molecule has 3 heterocycles. The Bertz CT molecular complexity index is 1060. The van der Waals surface area contributed by atoms with E-state index in [2.05, 4.69) is 19.2 Å². The predicted molar refractivity (Wildman–Crippen MR) is 134 cm³/mol. The van der Waals surface area contributed by atoms with Crippen molar-refractivity contribution in [3.8, 4) is 0 Å². The molecule has 0 saturated carbocycles. The standard InChI is InChI=1S/C23H30N4O2S2/c1-4-6-8-12-24-19-17(21(28)26-14-10-11-16(3)20(26)25-19)15-18-22(29)27(23(30)31-18)13-9-7-5-2/h10-11,14-15,24H,4-9,12-13H2,1-3H3. The number of thiocarbonyl (C=S) groups is 1. The maximum Gasteiger partial charge on any atom is 0.267 e. The first-order chi connectivity index (χ1) is 15.0. The molecule has 6 nitrogen and oxygen atoms in total. The van der Waals surface area contributed by atoms with E-state index in [1.54, 1.807) is 21.6 Å². The fourth-order valence-electron chi connectivity index (χ4n) is 3.50. The minimum Gasteiger partial charge on any atom is -0.369 e. The summed E-state index contributed by atoms with van der Waals surface area (Å²) >= 11 is 6.69. The number of nitrogens with zero attached hydrogens (tertiary/aromatic N) is 3. The van der Waals surface area contributed by atoms with Crippen LogP contribution >= 0.6 is 24.0 Å². The second kappa shape index (κ2) is 10.9. The number of unbranched alkanes of at least 4 members (excludes halogenated alkanes) is 4. The van der Waals surface area contributed by atoms with Crippen LogP contribution in [0.5, 0.6) is 0 Å². The van der Waals surface area contributed by atoms with Crippen molar-refractivity contribution in [2.24, 2.45) is 0 Å². The molecule has 166 valence electrons. The number of fused-ring (bicyclic) bond motifs is 1. The van der Waals surface area contributed by atoms with Crippen molar-refractivity contribution in [2.75, 3.05) is 18.4 Å². The number of carbonyl (C=O) groups excluding carboxylic acids is 1. The molecule has 1 aliphatic heterocycles. The minimum absolute atomic E-state index is 0.128. The normalized spacial score (nSPS) is 15.5. The third-order valence-corrected chi connectivity index (χ3v) is 6.67. The molecule has 31 heavy (non-hydrogen) atoms. The lowest BCUT2D eigenvalue weighted by molar-refractivity contribution is -0.122. The SMILES string of the molecule is CCCCCNc1nc2c(C)cccn2c(=O)c1C=C1SC(=S)N(CCCCC)C1=O. The molecule has 0 unspecified atom stereocenters. The van der Waals surface area contributed by atoms with E-state index in [0.29, 0.717) is 32.8 Å². The number of hydrogen-bond donors (Lipinski definition) is 1. The van der Waals surface area contributed by atoms with Gasteiger partial charge in [0.25, 0.3) is 11.5 Å². The second-order valence-electron chi connectivity index (χ2n) is 7.74. The van der Waals surface area contributed by atoms with Crippen LogP contribution in [0.25, 0.3) is 11.7 Å². The number of amides is 1. The fraction of sp³-hybridized carbons (Fsp3) is 0.478. The van der Waals surface area contributed by atoms with Crippen molar-refractivity contribution in [1.29, 1.82) is 0 Å². The summed E-state index contributed by atoms with van der Waals surface area (Å²) in [6.07, 6.45) is 9.63. The largest absolute Gasteiger partial charge is 0.369 e. The molecule has 0 radical (unpaired) electrons. The summed E-state index contributed by atoms with van der Waals surface area (Å²) in [5, 5.41) is 3.33. The maximum absolute atomic E-state index is 13.3. The van der Waals surface area contributed by atoms with Crippen molar-refractivity contribution in [3.63, 3.8) is 0 Å². The van der Waals surface area contributed by atoms with Gasteiger partial charge in [-0.15, -0.1) is 0 Å². The molecular formula is C23H30N4O2S2. The van der Waals surface area contributed by atoms with Crippen molar-refractivity contribution >= 4 is 51.7 Å².